The van der Waals surface area contributed by atoms with Crippen LogP contribution >= 0.6 is 0 Å². The Morgan fingerprint density at radius 1 is 1.26 bits per heavy atom. The summed E-state index contributed by atoms with van der Waals surface area (Å²) in [6, 6.07) is 11.1. The summed E-state index contributed by atoms with van der Waals surface area (Å²) in [6.07, 6.45) is 1.40. The second-order valence-corrected chi connectivity index (χ2v) is 6.75. The van der Waals surface area contributed by atoms with Gasteiger partial charge in [-0.1, -0.05) is 26.0 Å². The number of carbonyl (C=O) groups is 2. The maximum atomic E-state index is 12.1. The number of amides is 1. The number of carbonyl (C=O) groups excluding carboxylic acids is 2. The summed E-state index contributed by atoms with van der Waals surface area (Å²) in [4.78, 5) is 25.9. The van der Waals surface area contributed by atoms with E-state index in [4.69, 9.17) is 4.74 Å². The van der Waals surface area contributed by atoms with Gasteiger partial charge in [0.15, 0.2) is 6.61 Å². The molecule has 0 bridgehead atoms. The zero-order valence-electron chi connectivity index (χ0n) is 16.2. The molecule has 7 heteroatoms. The Morgan fingerprint density at radius 2 is 1.85 bits per heavy atom. The zero-order chi connectivity index (χ0) is 20.6. The molecule has 0 aliphatic heterocycles. The fourth-order valence-electron chi connectivity index (χ4n) is 2.01. The summed E-state index contributed by atoms with van der Waals surface area (Å²) in [5.74, 6) is -1.62. The summed E-state index contributed by atoms with van der Waals surface area (Å²) in [7, 11) is 3.81. The van der Waals surface area contributed by atoms with Crippen molar-refractivity contribution < 1.29 is 14.3 Å². The maximum absolute atomic E-state index is 12.1. The smallest absolute Gasteiger partial charge is 0.349 e. The Morgan fingerprint density at radius 3 is 2.30 bits per heavy atom. The average Bonchev–Trinajstić information content (AvgIpc) is 2.64. The van der Waals surface area contributed by atoms with Gasteiger partial charge in [-0.3, -0.25) is 4.79 Å². The van der Waals surface area contributed by atoms with Crippen LogP contribution in [0.4, 0.5) is 5.69 Å². The molecule has 0 saturated heterocycles. The van der Waals surface area contributed by atoms with Crippen molar-refractivity contribution in [1.29, 1.82) is 10.5 Å². The second-order valence-electron chi connectivity index (χ2n) is 6.75. The highest BCUT2D eigenvalue weighted by Crippen LogP contribution is 2.16. The molecule has 0 fully saturated rings. The van der Waals surface area contributed by atoms with E-state index in [0.29, 0.717) is 5.56 Å². The van der Waals surface area contributed by atoms with Gasteiger partial charge in [-0.2, -0.15) is 10.5 Å². The van der Waals surface area contributed by atoms with E-state index in [0.717, 1.165) is 5.69 Å². The molecule has 0 aromatic heterocycles. The van der Waals surface area contributed by atoms with Crippen LogP contribution in [0.15, 0.2) is 29.8 Å². The van der Waals surface area contributed by atoms with E-state index in [1.54, 1.807) is 39.0 Å². The number of nitrogens with zero attached hydrogens (tertiary/aromatic N) is 3. The highest BCUT2D eigenvalue weighted by Gasteiger charge is 2.30. The molecule has 0 heterocycles. The van der Waals surface area contributed by atoms with Crippen LogP contribution in [0.2, 0.25) is 0 Å². The highest BCUT2D eigenvalue weighted by atomic mass is 16.5. The third kappa shape index (κ3) is 6.16. The van der Waals surface area contributed by atoms with Crippen LogP contribution in [0.25, 0.3) is 6.08 Å². The lowest BCUT2D eigenvalue weighted by Gasteiger charge is -2.27. The topological polar surface area (TPSA) is 106 Å². The maximum Gasteiger partial charge on any atom is 0.349 e. The van der Waals surface area contributed by atoms with Crippen LogP contribution in [0.1, 0.15) is 26.3 Å². The molecule has 142 valence electrons. The summed E-state index contributed by atoms with van der Waals surface area (Å²) < 4.78 is 4.90. The largest absolute Gasteiger partial charge is 0.451 e. The Kier molecular flexibility index (Phi) is 7.56. The third-order valence-electron chi connectivity index (χ3n) is 4.18. The number of rotatable bonds is 7. The van der Waals surface area contributed by atoms with Gasteiger partial charge in [0.2, 0.25) is 0 Å². The molecule has 0 unspecified atom stereocenters. The summed E-state index contributed by atoms with van der Waals surface area (Å²) in [5, 5.41) is 20.9. The van der Waals surface area contributed by atoms with Gasteiger partial charge in [0.1, 0.15) is 17.2 Å². The number of nitrogens with one attached hydrogen (secondary N) is 1. The van der Waals surface area contributed by atoms with Crippen LogP contribution in [0.5, 0.6) is 0 Å². The van der Waals surface area contributed by atoms with E-state index in [2.05, 4.69) is 5.32 Å². The first-order chi connectivity index (χ1) is 12.6. The number of hydrogen-bond donors (Lipinski definition) is 1. The van der Waals surface area contributed by atoms with E-state index in [1.165, 1.54) is 6.08 Å². The Balaban J connectivity index is 2.75. The van der Waals surface area contributed by atoms with Crippen molar-refractivity contribution >= 4 is 23.6 Å². The standard InChI is InChI=1S/C20H24N4O3/c1-14(2)20(3,13-22)23-18(25)12-27-19(26)16(11-21)10-15-6-8-17(9-7-15)24(4)5/h6-10,14H,12H2,1-5H3,(H,23,25)/b16-10+/t20-/m0/s1. The molecule has 27 heavy (non-hydrogen) atoms. The molecule has 1 aromatic carbocycles. The molecule has 1 atom stereocenters. The molecule has 0 radical (unpaired) electrons. The molecule has 1 rings (SSSR count). The van der Waals surface area contributed by atoms with Gasteiger partial charge in [0.25, 0.3) is 5.91 Å². The van der Waals surface area contributed by atoms with Gasteiger partial charge in [-0.05, 0) is 36.6 Å². The van der Waals surface area contributed by atoms with Gasteiger partial charge >= 0.3 is 5.97 Å². The minimum absolute atomic E-state index is 0.123. The van der Waals surface area contributed by atoms with E-state index in [1.807, 2.05) is 37.2 Å². The zero-order valence-corrected chi connectivity index (χ0v) is 16.2. The monoisotopic (exact) mass is 368 g/mol. The fraction of sp³-hybridized carbons (Fsp3) is 0.400. The predicted octanol–water partition coefficient (Wildman–Crippen LogP) is 2.26. The Labute approximate surface area is 159 Å². The number of esters is 1. The number of anilines is 1. The fourth-order valence-corrected chi connectivity index (χ4v) is 2.01. The minimum atomic E-state index is -1.06. The first-order valence-corrected chi connectivity index (χ1v) is 8.41. The van der Waals surface area contributed by atoms with Crippen LogP contribution in [0, 0.1) is 28.6 Å². The van der Waals surface area contributed by atoms with Crippen molar-refractivity contribution in [3.05, 3.63) is 35.4 Å². The van der Waals surface area contributed by atoms with Crippen molar-refractivity contribution in [2.75, 3.05) is 25.6 Å². The minimum Gasteiger partial charge on any atom is -0.451 e. The SMILES string of the molecule is CC(C)[C@](C)(C#N)NC(=O)COC(=O)/C(C#N)=C/c1ccc(N(C)C)cc1. The van der Waals surface area contributed by atoms with Gasteiger partial charge in [-0.15, -0.1) is 0 Å². The van der Waals surface area contributed by atoms with E-state index < -0.39 is 24.0 Å². The summed E-state index contributed by atoms with van der Waals surface area (Å²) >= 11 is 0. The number of nitriles is 2. The molecule has 0 aliphatic carbocycles. The summed E-state index contributed by atoms with van der Waals surface area (Å²) in [6.45, 7) is 4.62. The molecule has 0 spiro atoms. The van der Waals surface area contributed by atoms with Crippen molar-refractivity contribution in [2.24, 2.45) is 5.92 Å². The highest BCUT2D eigenvalue weighted by molar-refractivity contribution is 5.98. The molecule has 0 saturated carbocycles. The van der Waals surface area contributed by atoms with Crippen LogP contribution in [0.3, 0.4) is 0 Å². The quantitative estimate of drug-likeness (QED) is 0.449. The van der Waals surface area contributed by atoms with Gasteiger partial charge in [-0.25, -0.2) is 4.79 Å². The molecule has 1 amide bonds. The number of ether oxygens (including phenoxy) is 1. The number of hydrogen-bond acceptors (Lipinski definition) is 6. The Bertz CT molecular complexity index is 798. The molecular weight excluding hydrogens is 344 g/mol. The average molecular weight is 368 g/mol. The first-order valence-electron chi connectivity index (χ1n) is 8.41. The summed E-state index contributed by atoms with van der Waals surface area (Å²) in [5.41, 5.74) is 0.365. The predicted molar refractivity (Wildman–Crippen MR) is 102 cm³/mol. The normalized spacial score (nSPS) is 13.1. The third-order valence-corrected chi connectivity index (χ3v) is 4.18. The van der Waals surface area contributed by atoms with Gasteiger partial charge < -0.3 is 15.0 Å². The van der Waals surface area contributed by atoms with Crippen LogP contribution < -0.4 is 10.2 Å². The molecule has 7 nitrogen and oxygen atoms in total. The van der Waals surface area contributed by atoms with Gasteiger partial charge in [0.05, 0.1) is 6.07 Å². The second kappa shape index (κ2) is 9.40. The molecule has 0 aliphatic rings. The molecule has 1 aromatic rings. The van der Waals surface area contributed by atoms with Crippen molar-refractivity contribution in [3.63, 3.8) is 0 Å². The number of benzene rings is 1. The Hall–Kier alpha value is -3.32. The first kappa shape index (κ1) is 21.7. The van der Waals surface area contributed by atoms with Gasteiger partial charge in [0, 0.05) is 19.8 Å². The molecule has 1 N–H and O–H groups in total. The lowest BCUT2D eigenvalue weighted by Crippen LogP contribution is -2.50. The lowest BCUT2D eigenvalue weighted by molar-refractivity contribution is -0.144. The van der Waals surface area contributed by atoms with E-state index >= 15 is 0 Å². The van der Waals surface area contributed by atoms with Crippen molar-refractivity contribution in [1.82, 2.24) is 5.32 Å². The molecular formula is C20H24N4O3. The van der Waals surface area contributed by atoms with Crippen LogP contribution in [-0.2, 0) is 14.3 Å². The van der Waals surface area contributed by atoms with Crippen molar-refractivity contribution in [2.45, 2.75) is 26.3 Å². The van der Waals surface area contributed by atoms with Crippen LogP contribution in [-0.4, -0.2) is 38.1 Å². The van der Waals surface area contributed by atoms with E-state index in [9.17, 15) is 20.1 Å². The lowest BCUT2D eigenvalue weighted by atomic mass is 9.90. The van der Waals surface area contributed by atoms with E-state index in [-0.39, 0.29) is 11.5 Å². The van der Waals surface area contributed by atoms with Crippen molar-refractivity contribution in [3.8, 4) is 12.1 Å².